The summed E-state index contributed by atoms with van der Waals surface area (Å²) in [6.45, 7) is 5.75. The van der Waals surface area contributed by atoms with Gasteiger partial charge in [-0.2, -0.15) is 9.97 Å². The third kappa shape index (κ3) is 4.98. The van der Waals surface area contributed by atoms with Crippen molar-refractivity contribution in [1.29, 1.82) is 0 Å². The predicted molar refractivity (Wildman–Crippen MR) is 155 cm³/mol. The third-order valence-electron chi connectivity index (χ3n) is 7.37. The number of H-pyrrole nitrogens is 1. The van der Waals surface area contributed by atoms with Crippen molar-refractivity contribution in [3.8, 4) is 17.0 Å². The fourth-order valence-corrected chi connectivity index (χ4v) is 5.15. The Balaban J connectivity index is 1.39. The quantitative estimate of drug-likeness (QED) is 0.299. The number of oxazole rings is 1. The van der Waals surface area contributed by atoms with Crippen LogP contribution in [0.25, 0.3) is 33.3 Å². The van der Waals surface area contributed by atoms with Gasteiger partial charge >= 0.3 is 0 Å². The lowest BCUT2D eigenvalue weighted by Gasteiger charge is -2.29. The van der Waals surface area contributed by atoms with Crippen LogP contribution < -0.4 is 10.1 Å². The Bertz CT molecular complexity index is 1710. The van der Waals surface area contributed by atoms with E-state index in [-0.39, 0.29) is 12.0 Å². The molecule has 2 N–H and O–H groups in total. The standard InChI is InChI=1S/C30H33N7O3/c1-17-14-20(29(38)36(3)4)7-8-23(17)33-30-34-27-26(28(35-30)40-21-10-12-37(5)13-11-21)22(16-31-27)19-6-9-24-25(15-19)39-18(2)32-24/h6-9,14-16,21H,10-13H2,1-5H3,(H2,31,33,34,35). The molecule has 6 rings (SSSR count). The van der Waals surface area contributed by atoms with E-state index in [9.17, 15) is 4.79 Å². The Morgan fingerprint density at radius 3 is 2.65 bits per heavy atom. The highest BCUT2D eigenvalue weighted by atomic mass is 16.5. The summed E-state index contributed by atoms with van der Waals surface area (Å²) in [5.74, 6) is 1.54. The molecule has 10 nitrogen and oxygen atoms in total. The number of likely N-dealkylation sites (tertiary alicyclic amines) is 1. The van der Waals surface area contributed by atoms with Crippen molar-refractivity contribution >= 4 is 39.7 Å². The highest BCUT2D eigenvalue weighted by Gasteiger charge is 2.23. The molecule has 0 radical (unpaired) electrons. The predicted octanol–water partition coefficient (Wildman–Crippen LogP) is 5.30. The molecule has 0 spiro atoms. The first-order chi connectivity index (χ1) is 19.2. The lowest BCUT2D eigenvalue weighted by Crippen LogP contribution is -2.35. The minimum absolute atomic E-state index is 0.0428. The van der Waals surface area contributed by atoms with E-state index in [0.29, 0.717) is 28.9 Å². The van der Waals surface area contributed by atoms with Crippen LogP contribution >= 0.6 is 0 Å². The van der Waals surface area contributed by atoms with Gasteiger partial charge in [0.1, 0.15) is 17.3 Å². The molecule has 0 bridgehead atoms. The summed E-state index contributed by atoms with van der Waals surface area (Å²) in [6.07, 6.45) is 3.84. The summed E-state index contributed by atoms with van der Waals surface area (Å²) in [5, 5.41) is 4.16. The van der Waals surface area contributed by atoms with Gasteiger partial charge in [-0.3, -0.25) is 4.79 Å². The number of aryl methyl sites for hydroxylation is 2. The maximum atomic E-state index is 12.4. The number of nitrogens with zero attached hydrogens (tertiary/aromatic N) is 5. The zero-order valence-electron chi connectivity index (χ0n) is 23.4. The van der Waals surface area contributed by atoms with E-state index >= 15 is 0 Å². The van der Waals surface area contributed by atoms with Crippen molar-refractivity contribution in [3.63, 3.8) is 0 Å². The summed E-state index contributed by atoms with van der Waals surface area (Å²) in [4.78, 5) is 33.7. The van der Waals surface area contributed by atoms with Crippen LogP contribution in [0.3, 0.4) is 0 Å². The maximum Gasteiger partial charge on any atom is 0.253 e. The molecule has 0 atom stereocenters. The minimum Gasteiger partial charge on any atom is -0.474 e. The SMILES string of the molecule is Cc1nc2ccc(-c3c[nH]c4nc(Nc5ccc(C(=O)N(C)C)cc5C)nc(OC5CCN(C)CC5)c34)cc2o1. The van der Waals surface area contributed by atoms with Crippen LogP contribution in [0, 0.1) is 13.8 Å². The molecule has 0 aliphatic carbocycles. The molecule has 1 saturated heterocycles. The number of piperidine rings is 1. The molecule has 1 aliphatic heterocycles. The summed E-state index contributed by atoms with van der Waals surface area (Å²) in [6, 6.07) is 11.5. The van der Waals surface area contributed by atoms with Crippen LogP contribution in [-0.4, -0.2) is 76.0 Å². The fourth-order valence-electron chi connectivity index (χ4n) is 5.15. The normalized spacial score (nSPS) is 14.6. The minimum atomic E-state index is -0.0428. The molecule has 1 aliphatic rings. The number of ether oxygens (including phenoxy) is 1. The fraction of sp³-hybridized carbons (Fsp3) is 0.333. The molecule has 10 heteroatoms. The zero-order chi connectivity index (χ0) is 28.0. The van der Waals surface area contributed by atoms with Crippen LogP contribution in [-0.2, 0) is 0 Å². The number of nitrogens with one attached hydrogen (secondary N) is 2. The number of fused-ring (bicyclic) bond motifs is 2. The van der Waals surface area contributed by atoms with Crippen molar-refractivity contribution in [3.05, 3.63) is 59.6 Å². The van der Waals surface area contributed by atoms with E-state index in [0.717, 1.165) is 64.8 Å². The average Bonchev–Trinajstić information content (AvgIpc) is 3.53. The van der Waals surface area contributed by atoms with E-state index < -0.39 is 0 Å². The van der Waals surface area contributed by atoms with Crippen LogP contribution in [0.2, 0.25) is 0 Å². The van der Waals surface area contributed by atoms with Crippen LogP contribution in [0.1, 0.15) is 34.7 Å². The second-order valence-electron chi connectivity index (χ2n) is 10.7. The Morgan fingerprint density at radius 1 is 1.10 bits per heavy atom. The van der Waals surface area contributed by atoms with Gasteiger partial charge < -0.3 is 29.3 Å². The number of hydrogen-bond acceptors (Lipinski definition) is 8. The van der Waals surface area contributed by atoms with Crippen LogP contribution in [0.15, 0.2) is 47.0 Å². The molecule has 206 valence electrons. The number of anilines is 2. The summed E-state index contributed by atoms with van der Waals surface area (Å²) >= 11 is 0. The van der Waals surface area contributed by atoms with Gasteiger partial charge in [-0.1, -0.05) is 6.07 Å². The van der Waals surface area contributed by atoms with Crippen LogP contribution in [0.4, 0.5) is 11.6 Å². The lowest BCUT2D eigenvalue weighted by molar-refractivity contribution is 0.0827. The van der Waals surface area contributed by atoms with E-state index in [1.54, 1.807) is 25.1 Å². The summed E-state index contributed by atoms with van der Waals surface area (Å²) in [7, 11) is 5.62. The van der Waals surface area contributed by atoms with Gasteiger partial charge in [0.15, 0.2) is 11.5 Å². The summed E-state index contributed by atoms with van der Waals surface area (Å²) < 4.78 is 12.4. The molecule has 4 heterocycles. The molecule has 0 unspecified atom stereocenters. The molecule has 1 fully saturated rings. The second kappa shape index (κ2) is 10.3. The van der Waals surface area contributed by atoms with Gasteiger partial charge in [-0.05, 0) is 68.3 Å². The van der Waals surface area contributed by atoms with Crippen molar-refractivity contribution < 1.29 is 13.9 Å². The third-order valence-corrected chi connectivity index (χ3v) is 7.37. The number of carbonyl (C=O) groups excluding carboxylic acids is 1. The smallest absolute Gasteiger partial charge is 0.253 e. The van der Waals surface area contributed by atoms with Gasteiger partial charge in [-0.25, -0.2) is 4.98 Å². The number of aromatic nitrogens is 4. The van der Waals surface area contributed by atoms with E-state index in [1.807, 2.05) is 50.4 Å². The Labute approximate surface area is 232 Å². The highest BCUT2D eigenvalue weighted by Crippen LogP contribution is 2.37. The molecule has 3 aromatic heterocycles. The van der Waals surface area contributed by atoms with E-state index in [4.69, 9.17) is 19.1 Å². The number of carbonyl (C=O) groups is 1. The van der Waals surface area contributed by atoms with Crippen molar-refractivity contribution in [1.82, 2.24) is 29.7 Å². The maximum absolute atomic E-state index is 12.4. The van der Waals surface area contributed by atoms with Gasteiger partial charge in [0.05, 0.1) is 5.39 Å². The molecule has 5 aromatic rings. The monoisotopic (exact) mass is 539 g/mol. The molecule has 0 saturated carbocycles. The average molecular weight is 540 g/mol. The number of amides is 1. The summed E-state index contributed by atoms with van der Waals surface area (Å²) in [5.41, 5.74) is 6.47. The lowest BCUT2D eigenvalue weighted by atomic mass is 10.1. The largest absolute Gasteiger partial charge is 0.474 e. The molecule has 40 heavy (non-hydrogen) atoms. The first-order valence-corrected chi connectivity index (χ1v) is 13.5. The molecular weight excluding hydrogens is 506 g/mol. The zero-order valence-corrected chi connectivity index (χ0v) is 23.4. The number of aromatic amines is 1. The molecule has 2 aromatic carbocycles. The van der Waals surface area contributed by atoms with Gasteiger partial charge in [0.2, 0.25) is 11.8 Å². The Hall–Kier alpha value is -4.44. The molecular formula is C30H33N7O3. The number of hydrogen-bond donors (Lipinski definition) is 2. The van der Waals surface area contributed by atoms with Crippen LogP contribution in [0.5, 0.6) is 5.88 Å². The van der Waals surface area contributed by atoms with Crippen molar-refractivity contribution in [2.24, 2.45) is 0 Å². The number of benzene rings is 2. The number of rotatable bonds is 6. The first-order valence-electron chi connectivity index (χ1n) is 13.5. The Morgan fingerprint density at radius 2 is 1.90 bits per heavy atom. The van der Waals surface area contributed by atoms with Gasteiger partial charge in [0, 0.05) is 57.1 Å². The molecule has 1 amide bonds. The first kappa shape index (κ1) is 25.8. The van der Waals surface area contributed by atoms with Gasteiger partial charge in [0.25, 0.3) is 5.91 Å². The topological polar surface area (TPSA) is 112 Å². The van der Waals surface area contributed by atoms with Crippen molar-refractivity contribution in [2.75, 3.05) is 39.5 Å². The highest BCUT2D eigenvalue weighted by molar-refractivity contribution is 5.99. The second-order valence-corrected chi connectivity index (χ2v) is 10.7. The van der Waals surface area contributed by atoms with Gasteiger partial charge in [-0.15, -0.1) is 0 Å². The van der Waals surface area contributed by atoms with Crippen molar-refractivity contribution in [2.45, 2.75) is 32.8 Å². The van der Waals surface area contributed by atoms with E-state index in [1.165, 1.54) is 0 Å². The van der Waals surface area contributed by atoms with E-state index in [2.05, 4.69) is 27.2 Å². The Kier molecular flexibility index (Phi) is 6.63.